The van der Waals surface area contributed by atoms with E-state index in [1.54, 1.807) is 18.2 Å². The summed E-state index contributed by atoms with van der Waals surface area (Å²) < 4.78 is 36.7. The van der Waals surface area contributed by atoms with Crippen LogP contribution in [0.25, 0.3) is 6.08 Å². The number of benzene rings is 2. The minimum atomic E-state index is -4.03. The molecule has 1 N–H and O–H groups in total. The van der Waals surface area contributed by atoms with Gasteiger partial charge in [0.1, 0.15) is 0 Å². The third kappa shape index (κ3) is 4.40. The Labute approximate surface area is 151 Å². The third-order valence-corrected chi connectivity index (χ3v) is 4.74. The molecule has 0 aliphatic rings. The predicted molar refractivity (Wildman–Crippen MR) is 95.1 cm³/mol. The molecule has 8 heteroatoms. The Morgan fingerprint density at radius 1 is 1.12 bits per heavy atom. The first-order valence-corrected chi connectivity index (χ1v) is 8.85. The lowest BCUT2D eigenvalue weighted by Crippen LogP contribution is -2.28. The van der Waals surface area contributed by atoms with Crippen LogP contribution in [0.5, 0.6) is 11.5 Å². The average molecular weight is 372 g/mol. The summed E-state index contributed by atoms with van der Waals surface area (Å²) in [4.78, 5) is 11.9. The lowest BCUT2D eigenvalue weighted by molar-refractivity contribution is -0.114. The number of carbonyl (C=O) groups is 1. The number of hydrogen-bond acceptors (Lipinski definition) is 6. The Balaban J connectivity index is 2.17. The molecule has 0 aliphatic carbocycles. The molecule has 0 fully saturated rings. The van der Waals surface area contributed by atoms with E-state index in [0.29, 0.717) is 22.6 Å². The minimum Gasteiger partial charge on any atom is -0.493 e. The molecule has 0 saturated heterocycles. The zero-order valence-corrected chi connectivity index (χ0v) is 14.9. The molecule has 0 saturated carbocycles. The largest absolute Gasteiger partial charge is 0.493 e. The number of nitrogens with one attached hydrogen (secondary N) is 1. The molecule has 0 radical (unpaired) electrons. The highest BCUT2D eigenvalue weighted by atomic mass is 32.2. The lowest BCUT2D eigenvalue weighted by atomic mass is 10.1. The molecule has 134 valence electrons. The predicted octanol–water partition coefficient (Wildman–Crippen LogP) is 2.09. The normalized spacial score (nSPS) is 11.0. The molecule has 26 heavy (non-hydrogen) atoms. The fraction of sp³-hybridized carbons (Fsp3) is 0.111. The Hall–Kier alpha value is -3.31. The van der Waals surface area contributed by atoms with Gasteiger partial charge in [-0.3, -0.25) is 4.79 Å². The first-order valence-electron chi connectivity index (χ1n) is 7.37. The summed E-state index contributed by atoms with van der Waals surface area (Å²) in [6.45, 7) is 0. The van der Waals surface area contributed by atoms with Gasteiger partial charge in [-0.15, -0.1) is 0 Å². The van der Waals surface area contributed by atoms with E-state index in [9.17, 15) is 13.2 Å². The molecule has 2 aromatic rings. The van der Waals surface area contributed by atoms with Crippen LogP contribution >= 0.6 is 0 Å². The molecule has 7 nitrogen and oxygen atoms in total. The number of nitrogens with zero attached hydrogens (tertiary/aromatic N) is 1. The van der Waals surface area contributed by atoms with Crippen molar-refractivity contribution in [3.8, 4) is 17.6 Å². The van der Waals surface area contributed by atoms with Crippen molar-refractivity contribution < 1.29 is 22.7 Å². The summed E-state index contributed by atoms with van der Waals surface area (Å²) in [5, 5.41) is 8.74. The van der Waals surface area contributed by atoms with E-state index in [1.807, 2.05) is 10.8 Å². The summed E-state index contributed by atoms with van der Waals surface area (Å²) in [5.74, 6) is 0.0912. The molecule has 0 aliphatic heterocycles. The number of nitriles is 1. The van der Waals surface area contributed by atoms with Crippen molar-refractivity contribution in [2.45, 2.75) is 4.90 Å². The van der Waals surface area contributed by atoms with E-state index in [-0.39, 0.29) is 4.90 Å². The lowest BCUT2D eigenvalue weighted by Gasteiger charge is -2.09. The number of sulfonamides is 1. The number of rotatable bonds is 6. The van der Waals surface area contributed by atoms with Gasteiger partial charge in [0.2, 0.25) is 0 Å². The van der Waals surface area contributed by atoms with Crippen LogP contribution in [0.2, 0.25) is 0 Å². The zero-order valence-electron chi connectivity index (χ0n) is 14.1. The monoisotopic (exact) mass is 372 g/mol. The number of carbonyl (C=O) groups excluding carboxylic acids is 1. The van der Waals surface area contributed by atoms with Gasteiger partial charge in [-0.1, -0.05) is 12.1 Å². The zero-order chi connectivity index (χ0) is 19.2. The molecule has 0 atom stereocenters. The van der Waals surface area contributed by atoms with Crippen molar-refractivity contribution in [3.05, 3.63) is 59.7 Å². The molecular weight excluding hydrogens is 356 g/mol. The van der Waals surface area contributed by atoms with E-state index in [0.717, 1.165) is 6.08 Å². The molecule has 0 unspecified atom stereocenters. The maximum Gasteiger partial charge on any atom is 0.264 e. The number of amides is 1. The van der Waals surface area contributed by atoms with E-state index in [1.165, 1.54) is 44.6 Å². The smallest absolute Gasteiger partial charge is 0.264 e. The molecule has 0 aromatic heterocycles. The van der Waals surface area contributed by atoms with Gasteiger partial charge >= 0.3 is 0 Å². The third-order valence-electron chi connectivity index (χ3n) is 3.38. The number of para-hydroxylation sites is 1. The van der Waals surface area contributed by atoms with E-state index in [4.69, 9.17) is 14.7 Å². The second-order valence-corrected chi connectivity index (χ2v) is 6.70. The van der Waals surface area contributed by atoms with Crippen LogP contribution < -0.4 is 14.2 Å². The van der Waals surface area contributed by atoms with Crippen LogP contribution in [-0.4, -0.2) is 28.5 Å². The number of ether oxygens (including phenoxy) is 2. The van der Waals surface area contributed by atoms with Gasteiger partial charge in [0, 0.05) is 11.6 Å². The summed E-state index contributed by atoms with van der Waals surface area (Å²) in [7, 11) is -1.08. The van der Waals surface area contributed by atoms with Gasteiger partial charge in [0.15, 0.2) is 11.5 Å². The summed E-state index contributed by atoms with van der Waals surface area (Å²) in [6, 6.07) is 12.2. The molecule has 0 bridgehead atoms. The van der Waals surface area contributed by atoms with E-state index < -0.39 is 15.9 Å². The molecule has 0 heterocycles. The van der Waals surface area contributed by atoms with Crippen molar-refractivity contribution in [2.75, 3.05) is 14.2 Å². The van der Waals surface area contributed by atoms with Crippen LogP contribution in [0.15, 0.2) is 53.4 Å². The van der Waals surface area contributed by atoms with Gasteiger partial charge in [0.25, 0.3) is 15.9 Å². The van der Waals surface area contributed by atoms with Gasteiger partial charge < -0.3 is 9.47 Å². The van der Waals surface area contributed by atoms with Crippen molar-refractivity contribution >= 4 is 22.0 Å². The number of hydrogen-bond donors (Lipinski definition) is 1. The first kappa shape index (κ1) is 19.0. The second kappa shape index (κ2) is 8.18. The maximum atomic E-state index is 12.2. The van der Waals surface area contributed by atoms with Gasteiger partial charge in [-0.2, -0.15) is 5.26 Å². The topological polar surface area (TPSA) is 105 Å². The van der Waals surface area contributed by atoms with Gasteiger partial charge in [-0.25, -0.2) is 13.1 Å². The van der Waals surface area contributed by atoms with Crippen LogP contribution in [0.3, 0.4) is 0 Å². The van der Waals surface area contributed by atoms with Gasteiger partial charge in [-0.05, 0) is 36.4 Å². The van der Waals surface area contributed by atoms with Gasteiger partial charge in [0.05, 0.1) is 30.7 Å². The Morgan fingerprint density at radius 2 is 1.81 bits per heavy atom. The second-order valence-electron chi connectivity index (χ2n) is 5.02. The summed E-state index contributed by atoms with van der Waals surface area (Å²) >= 11 is 0. The Bertz CT molecular complexity index is 974. The Kier molecular flexibility index (Phi) is 5.98. The fourth-order valence-corrected chi connectivity index (χ4v) is 3.09. The fourth-order valence-electron chi connectivity index (χ4n) is 2.14. The number of methoxy groups -OCH3 is 2. The summed E-state index contributed by atoms with van der Waals surface area (Å²) in [6.07, 6.45) is 2.50. The quantitative estimate of drug-likeness (QED) is 0.779. The van der Waals surface area contributed by atoms with Crippen molar-refractivity contribution in [1.82, 2.24) is 4.72 Å². The van der Waals surface area contributed by atoms with Crippen LogP contribution in [0.4, 0.5) is 0 Å². The van der Waals surface area contributed by atoms with Crippen molar-refractivity contribution in [3.63, 3.8) is 0 Å². The minimum absolute atomic E-state index is 0.114. The van der Waals surface area contributed by atoms with Crippen LogP contribution in [-0.2, 0) is 14.8 Å². The highest BCUT2D eigenvalue weighted by Crippen LogP contribution is 2.31. The molecular formula is C18H16N2O5S. The van der Waals surface area contributed by atoms with Crippen molar-refractivity contribution in [2.24, 2.45) is 0 Å². The standard InChI is InChI=1S/C18H16N2O5S/c1-24-16-5-3-4-14(18(16)25-2)8-11-17(21)20-26(22,23)15-9-6-13(12-19)7-10-15/h3-11H,1-2H3,(H,20,21)/b11-8+. The first-order chi connectivity index (χ1) is 12.4. The molecule has 1 amide bonds. The molecule has 2 rings (SSSR count). The Morgan fingerprint density at radius 3 is 2.38 bits per heavy atom. The van der Waals surface area contributed by atoms with Crippen LogP contribution in [0.1, 0.15) is 11.1 Å². The van der Waals surface area contributed by atoms with Crippen LogP contribution in [0, 0.1) is 11.3 Å². The maximum absolute atomic E-state index is 12.2. The highest BCUT2D eigenvalue weighted by Gasteiger charge is 2.16. The SMILES string of the molecule is COc1cccc(/C=C/C(=O)NS(=O)(=O)c2ccc(C#N)cc2)c1OC. The molecule has 2 aromatic carbocycles. The molecule has 0 spiro atoms. The average Bonchev–Trinajstić information content (AvgIpc) is 2.65. The van der Waals surface area contributed by atoms with E-state index >= 15 is 0 Å². The highest BCUT2D eigenvalue weighted by molar-refractivity contribution is 7.90. The van der Waals surface area contributed by atoms with E-state index in [2.05, 4.69) is 0 Å². The van der Waals surface area contributed by atoms with Crippen molar-refractivity contribution in [1.29, 1.82) is 5.26 Å². The summed E-state index contributed by atoms with van der Waals surface area (Å²) in [5.41, 5.74) is 0.873.